The maximum atomic E-state index is 13.1. The molecule has 0 unspecified atom stereocenters. The standard InChI is InChI=1S/C28H36N4O4/c1-5-20(33)12-7-6-8-14-23(31-27(34)28(2)17-32(3)18-28)26-29-16-24(36-26)21-15-19-11-9-10-13-22(19)30-25(21)35-4/h9-11,13,15-16,23H,5-8,12,14,17-18H2,1-4H3,(H,31,34)/t23-/m0/s1. The first-order valence-corrected chi connectivity index (χ1v) is 12.7. The molecule has 8 heteroatoms. The minimum absolute atomic E-state index is 0.0106. The summed E-state index contributed by atoms with van der Waals surface area (Å²) in [4.78, 5) is 36.0. The highest BCUT2D eigenvalue weighted by molar-refractivity contribution is 5.85. The molecular formula is C28H36N4O4. The van der Waals surface area contributed by atoms with Crippen molar-refractivity contribution in [2.24, 2.45) is 5.41 Å². The van der Waals surface area contributed by atoms with Crippen molar-refractivity contribution in [2.45, 2.75) is 58.4 Å². The fourth-order valence-corrected chi connectivity index (χ4v) is 4.91. The number of aromatic nitrogens is 2. The highest BCUT2D eigenvalue weighted by Crippen LogP contribution is 2.35. The summed E-state index contributed by atoms with van der Waals surface area (Å²) in [7, 11) is 3.59. The average Bonchev–Trinajstić information content (AvgIpc) is 3.35. The summed E-state index contributed by atoms with van der Waals surface area (Å²) < 4.78 is 11.8. The number of fused-ring (bicyclic) bond motifs is 1. The van der Waals surface area contributed by atoms with Crippen LogP contribution in [0.5, 0.6) is 5.88 Å². The van der Waals surface area contributed by atoms with Gasteiger partial charge in [-0.25, -0.2) is 9.97 Å². The van der Waals surface area contributed by atoms with Gasteiger partial charge in [0.2, 0.25) is 17.7 Å². The summed E-state index contributed by atoms with van der Waals surface area (Å²) in [5.74, 6) is 1.77. The smallest absolute Gasteiger partial charge is 0.229 e. The zero-order valence-corrected chi connectivity index (χ0v) is 21.7. The molecule has 1 amide bonds. The van der Waals surface area contributed by atoms with Crippen LogP contribution in [0.4, 0.5) is 0 Å². The lowest BCUT2D eigenvalue weighted by atomic mass is 9.81. The molecule has 3 aromatic rings. The van der Waals surface area contributed by atoms with E-state index < -0.39 is 5.41 Å². The lowest BCUT2D eigenvalue weighted by Gasteiger charge is -2.45. The number of unbranched alkanes of at least 4 members (excludes halogenated alkanes) is 2. The highest BCUT2D eigenvalue weighted by Gasteiger charge is 2.44. The number of rotatable bonds is 12. The van der Waals surface area contributed by atoms with Crippen LogP contribution in [0.3, 0.4) is 0 Å². The Morgan fingerprint density at radius 2 is 2.00 bits per heavy atom. The van der Waals surface area contributed by atoms with Gasteiger partial charge in [-0.2, -0.15) is 0 Å². The predicted octanol–water partition coefficient (Wildman–Crippen LogP) is 4.94. The second-order valence-corrected chi connectivity index (χ2v) is 10.1. The number of hydrogen-bond acceptors (Lipinski definition) is 7. The van der Waals surface area contributed by atoms with Gasteiger partial charge in [-0.3, -0.25) is 9.59 Å². The molecule has 0 spiro atoms. The number of pyridine rings is 1. The molecule has 0 bridgehead atoms. The molecule has 0 radical (unpaired) electrons. The van der Waals surface area contributed by atoms with Crippen molar-refractivity contribution in [3.05, 3.63) is 42.4 Å². The quantitative estimate of drug-likeness (QED) is 0.358. The van der Waals surface area contributed by atoms with E-state index in [0.29, 0.717) is 42.4 Å². The molecule has 0 aliphatic carbocycles. The van der Waals surface area contributed by atoms with E-state index in [4.69, 9.17) is 9.15 Å². The lowest BCUT2D eigenvalue weighted by Crippen LogP contribution is -2.60. The Balaban J connectivity index is 1.53. The van der Waals surface area contributed by atoms with E-state index in [1.165, 1.54) is 0 Å². The Kier molecular flexibility index (Phi) is 8.04. The molecule has 192 valence electrons. The molecule has 1 aliphatic rings. The number of nitrogens with zero attached hydrogens (tertiary/aromatic N) is 3. The normalized spacial score (nSPS) is 15.9. The van der Waals surface area contributed by atoms with E-state index in [-0.39, 0.29) is 17.7 Å². The largest absolute Gasteiger partial charge is 0.480 e. The average molecular weight is 493 g/mol. The van der Waals surface area contributed by atoms with Gasteiger partial charge in [0.25, 0.3) is 0 Å². The minimum atomic E-state index is -0.415. The Morgan fingerprint density at radius 1 is 1.22 bits per heavy atom. The molecule has 1 N–H and O–H groups in total. The molecule has 1 aliphatic heterocycles. The number of para-hydroxylation sites is 1. The molecule has 4 rings (SSSR count). The molecule has 1 fully saturated rings. The third-order valence-electron chi connectivity index (χ3n) is 6.90. The number of Topliss-reactive ketones (excluding diaryl/α,β-unsaturated/α-hetero) is 1. The van der Waals surface area contributed by atoms with Crippen molar-refractivity contribution >= 4 is 22.6 Å². The van der Waals surface area contributed by atoms with Gasteiger partial charge in [-0.15, -0.1) is 0 Å². The van der Waals surface area contributed by atoms with E-state index >= 15 is 0 Å². The summed E-state index contributed by atoms with van der Waals surface area (Å²) in [5.41, 5.74) is 1.13. The Morgan fingerprint density at radius 3 is 2.72 bits per heavy atom. The Hall–Kier alpha value is -3.26. The van der Waals surface area contributed by atoms with Crippen LogP contribution in [0.15, 0.2) is 40.9 Å². The Bertz CT molecular complexity index is 1220. The van der Waals surface area contributed by atoms with Gasteiger partial charge in [0.1, 0.15) is 11.8 Å². The molecule has 1 saturated heterocycles. The first-order valence-electron chi connectivity index (χ1n) is 12.7. The second-order valence-electron chi connectivity index (χ2n) is 10.1. The minimum Gasteiger partial charge on any atom is -0.480 e. The molecule has 1 aromatic carbocycles. The molecule has 2 aromatic heterocycles. The van der Waals surface area contributed by atoms with Crippen LogP contribution in [0.25, 0.3) is 22.2 Å². The van der Waals surface area contributed by atoms with Crippen LogP contribution < -0.4 is 10.1 Å². The molecule has 0 saturated carbocycles. The summed E-state index contributed by atoms with van der Waals surface area (Å²) in [6.45, 7) is 5.33. The van der Waals surface area contributed by atoms with Crippen LogP contribution in [0.2, 0.25) is 0 Å². The van der Waals surface area contributed by atoms with Gasteiger partial charge in [0.05, 0.1) is 29.8 Å². The summed E-state index contributed by atoms with van der Waals surface area (Å²) >= 11 is 0. The number of methoxy groups -OCH3 is 1. The van der Waals surface area contributed by atoms with E-state index in [1.807, 2.05) is 51.2 Å². The fourth-order valence-electron chi connectivity index (χ4n) is 4.91. The molecule has 8 nitrogen and oxygen atoms in total. The number of ketones is 1. The number of likely N-dealkylation sites (tertiary alicyclic amines) is 1. The number of amides is 1. The van der Waals surface area contributed by atoms with Crippen LogP contribution >= 0.6 is 0 Å². The third kappa shape index (κ3) is 5.75. The van der Waals surface area contributed by atoms with Gasteiger partial charge in [-0.1, -0.05) is 38.0 Å². The van der Waals surface area contributed by atoms with Gasteiger partial charge >= 0.3 is 0 Å². The van der Waals surface area contributed by atoms with Gasteiger partial charge < -0.3 is 19.4 Å². The topological polar surface area (TPSA) is 97.6 Å². The zero-order chi connectivity index (χ0) is 25.7. The van der Waals surface area contributed by atoms with E-state index in [1.54, 1.807) is 13.3 Å². The summed E-state index contributed by atoms with van der Waals surface area (Å²) in [5, 5.41) is 4.17. The van der Waals surface area contributed by atoms with E-state index in [9.17, 15) is 9.59 Å². The first kappa shape index (κ1) is 25.8. The van der Waals surface area contributed by atoms with Crippen molar-refractivity contribution in [3.63, 3.8) is 0 Å². The monoisotopic (exact) mass is 492 g/mol. The predicted molar refractivity (Wildman–Crippen MR) is 139 cm³/mol. The van der Waals surface area contributed by atoms with Crippen LogP contribution in [0.1, 0.15) is 64.3 Å². The van der Waals surface area contributed by atoms with Crippen LogP contribution in [-0.4, -0.2) is 53.8 Å². The van der Waals surface area contributed by atoms with Gasteiger partial charge in [0, 0.05) is 31.3 Å². The number of oxazole rings is 1. The number of nitrogens with one attached hydrogen (secondary N) is 1. The number of ether oxygens (including phenoxy) is 1. The van der Waals surface area contributed by atoms with Crippen molar-refractivity contribution < 1.29 is 18.7 Å². The maximum absolute atomic E-state index is 13.1. The van der Waals surface area contributed by atoms with Crippen LogP contribution in [0, 0.1) is 5.41 Å². The number of benzene rings is 1. The number of carbonyl (C=O) groups excluding carboxylic acids is 2. The number of carbonyl (C=O) groups is 2. The van der Waals surface area contributed by atoms with Gasteiger partial charge in [-0.05, 0) is 38.9 Å². The van der Waals surface area contributed by atoms with Crippen molar-refractivity contribution in [1.82, 2.24) is 20.2 Å². The Labute approximate surface area is 212 Å². The maximum Gasteiger partial charge on any atom is 0.229 e. The molecular weight excluding hydrogens is 456 g/mol. The van der Waals surface area contributed by atoms with Crippen LogP contribution in [-0.2, 0) is 9.59 Å². The second kappa shape index (κ2) is 11.2. The number of hydrogen-bond donors (Lipinski definition) is 1. The zero-order valence-electron chi connectivity index (χ0n) is 21.7. The summed E-state index contributed by atoms with van der Waals surface area (Å²) in [6.07, 6.45) is 6.16. The third-order valence-corrected chi connectivity index (χ3v) is 6.90. The fraction of sp³-hybridized carbons (Fsp3) is 0.500. The first-order chi connectivity index (χ1) is 17.3. The van der Waals surface area contributed by atoms with E-state index in [0.717, 1.165) is 43.3 Å². The summed E-state index contributed by atoms with van der Waals surface area (Å²) in [6, 6.07) is 9.46. The van der Waals surface area contributed by atoms with Crippen molar-refractivity contribution in [1.29, 1.82) is 0 Å². The highest BCUT2D eigenvalue weighted by atomic mass is 16.5. The SMILES string of the molecule is CCC(=O)CCCCC[C@H](NC(=O)C1(C)CN(C)C1)c1ncc(-c2cc3ccccc3nc2OC)o1. The molecule has 3 heterocycles. The van der Waals surface area contributed by atoms with E-state index in [2.05, 4.69) is 20.2 Å². The molecule has 1 atom stereocenters. The van der Waals surface area contributed by atoms with Crippen molar-refractivity contribution in [2.75, 3.05) is 27.2 Å². The van der Waals surface area contributed by atoms with Gasteiger partial charge in [0.15, 0.2) is 5.76 Å². The lowest BCUT2D eigenvalue weighted by molar-refractivity contribution is -0.139. The van der Waals surface area contributed by atoms with Crippen molar-refractivity contribution in [3.8, 4) is 17.2 Å². The molecule has 36 heavy (non-hydrogen) atoms.